The fourth-order valence-electron chi connectivity index (χ4n) is 2.73. The summed E-state index contributed by atoms with van der Waals surface area (Å²) in [6.07, 6.45) is 1.34. The van der Waals surface area contributed by atoms with Gasteiger partial charge in [-0.2, -0.15) is 0 Å². The topological polar surface area (TPSA) is 24.5 Å². The Morgan fingerprint density at radius 1 is 1.40 bits per heavy atom. The molecule has 0 saturated carbocycles. The van der Waals surface area contributed by atoms with E-state index in [0.29, 0.717) is 6.10 Å². The average Bonchev–Trinajstić information content (AvgIpc) is 2.47. The van der Waals surface area contributed by atoms with E-state index in [1.165, 1.54) is 6.07 Å². The summed E-state index contributed by atoms with van der Waals surface area (Å²) < 4.78 is 19.7. The van der Waals surface area contributed by atoms with Gasteiger partial charge in [-0.3, -0.25) is 4.90 Å². The van der Waals surface area contributed by atoms with E-state index in [9.17, 15) is 4.39 Å². The first-order valence-electron chi connectivity index (χ1n) is 7.56. The molecular weight excluding hydrogens is 255 g/mol. The summed E-state index contributed by atoms with van der Waals surface area (Å²) in [6, 6.07) is 7.09. The van der Waals surface area contributed by atoms with E-state index in [1.807, 2.05) is 12.1 Å². The van der Waals surface area contributed by atoms with Crippen molar-refractivity contribution in [2.24, 2.45) is 0 Å². The molecule has 0 bridgehead atoms. The van der Waals surface area contributed by atoms with Crippen molar-refractivity contribution >= 4 is 0 Å². The number of rotatable bonds is 6. The Bertz CT molecular complexity index is 413. The third-order valence-corrected chi connectivity index (χ3v) is 3.85. The van der Waals surface area contributed by atoms with Gasteiger partial charge in [-0.05, 0) is 19.0 Å². The monoisotopic (exact) mass is 280 g/mol. The number of nitrogens with one attached hydrogen (secondary N) is 1. The Kier molecular flexibility index (Phi) is 5.95. The Morgan fingerprint density at radius 2 is 2.20 bits per heavy atom. The third kappa shape index (κ3) is 4.01. The fraction of sp³-hybridized carbons (Fsp3) is 0.625. The van der Waals surface area contributed by atoms with Crippen molar-refractivity contribution in [1.82, 2.24) is 10.2 Å². The molecule has 0 spiro atoms. The van der Waals surface area contributed by atoms with Crippen molar-refractivity contribution in [2.75, 3.05) is 32.8 Å². The molecule has 1 N–H and O–H groups in total. The molecule has 2 unspecified atom stereocenters. The van der Waals surface area contributed by atoms with Gasteiger partial charge in [0.25, 0.3) is 0 Å². The van der Waals surface area contributed by atoms with Crippen LogP contribution in [-0.2, 0) is 4.74 Å². The number of benzene rings is 1. The van der Waals surface area contributed by atoms with Gasteiger partial charge in [-0.15, -0.1) is 0 Å². The van der Waals surface area contributed by atoms with Crippen LogP contribution < -0.4 is 5.32 Å². The van der Waals surface area contributed by atoms with Crippen LogP contribution in [-0.4, -0.2) is 43.8 Å². The zero-order chi connectivity index (χ0) is 14.4. The molecular formula is C16H25FN2O. The van der Waals surface area contributed by atoms with Crippen LogP contribution in [0, 0.1) is 5.82 Å². The highest BCUT2D eigenvalue weighted by atomic mass is 19.1. The Morgan fingerprint density at radius 3 is 2.90 bits per heavy atom. The third-order valence-electron chi connectivity index (χ3n) is 3.85. The van der Waals surface area contributed by atoms with Crippen molar-refractivity contribution in [2.45, 2.75) is 32.4 Å². The van der Waals surface area contributed by atoms with E-state index in [0.717, 1.165) is 44.8 Å². The first-order valence-corrected chi connectivity index (χ1v) is 7.56. The van der Waals surface area contributed by atoms with Crippen LogP contribution in [0.4, 0.5) is 4.39 Å². The summed E-state index contributed by atoms with van der Waals surface area (Å²) in [4.78, 5) is 2.37. The molecule has 1 aromatic rings. The van der Waals surface area contributed by atoms with Crippen molar-refractivity contribution in [3.05, 3.63) is 35.6 Å². The molecule has 1 aromatic carbocycles. The van der Waals surface area contributed by atoms with Crippen LogP contribution in [0.1, 0.15) is 31.9 Å². The molecule has 4 heteroatoms. The Balaban J connectivity index is 2.04. The van der Waals surface area contributed by atoms with Crippen LogP contribution >= 0.6 is 0 Å². The minimum atomic E-state index is -0.126. The van der Waals surface area contributed by atoms with Gasteiger partial charge in [0.05, 0.1) is 12.7 Å². The molecule has 3 nitrogen and oxygen atoms in total. The summed E-state index contributed by atoms with van der Waals surface area (Å²) in [7, 11) is 0. The van der Waals surface area contributed by atoms with E-state index >= 15 is 0 Å². The van der Waals surface area contributed by atoms with Crippen LogP contribution in [0.5, 0.6) is 0 Å². The van der Waals surface area contributed by atoms with E-state index in [4.69, 9.17) is 4.74 Å². The minimum absolute atomic E-state index is 0.0387. The minimum Gasteiger partial charge on any atom is -0.376 e. The Hall–Kier alpha value is -0.970. The molecule has 2 rings (SSSR count). The maximum Gasteiger partial charge on any atom is 0.128 e. The van der Waals surface area contributed by atoms with Crippen molar-refractivity contribution in [1.29, 1.82) is 0 Å². The van der Waals surface area contributed by atoms with E-state index in [-0.39, 0.29) is 11.9 Å². The van der Waals surface area contributed by atoms with E-state index in [2.05, 4.69) is 24.1 Å². The number of hydrogen-bond acceptors (Lipinski definition) is 3. The highest BCUT2D eigenvalue weighted by molar-refractivity contribution is 5.21. The predicted molar refractivity (Wildman–Crippen MR) is 79.3 cm³/mol. The lowest BCUT2D eigenvalue weighted by Crippen LogP contribution is -2.45. The number of hydrogen-bond donors (Lipinski definition) is 1. The van der Waals surface area contributed by atoms with Crippen molar-refractivity contribution < 1.29 is 9.13 Å². The zero-order valence-corrected chi connectivity index (χ0v) is 12.4. The van der Waals surface area contributed by atoms with Gasteiger partial charge in [-0.25, -0.2) is 4.39 Å². The van der Waals surface area contributed by atoms with E-state index in [1.54, 1.807) is 6.07 Å². The molecule has 1 saturated heterocycles. The molecule has 2 atom stereocenters. The second-order valence-corrected chi connectivity index (χ2v) is 5.29. The second-order valence-electron chi connectivity index (χ2n) is 5.29. The SMILES string of the molecule is CCNC(CN1CCOC(CC)C1)c1ccccc1F. The summed E-state index contributed by atoms with van der Waals surface area (Å²) in [5.74, 6) is -0.126. The first-order chi connectivity index (χ1) is 9.74. The molecule has 0 radical (unpaired) electrons. The van der Waals surface area contributed by atoms with Crippen LogP contribution in [0.15, 0.2) is 24.3 Å². The molecule has 112 valence electrons. The quantitative estimate of drug-likeness (QED) is 0.867. The lowest BCUT2D eigenvalue weighted by molar-refractivity contribution is -0.0322. The molecule has 0 aliphatic carbocycles. The van der Waals surface area contributed by atoms with Gasteiger partial charge >= 0.3 is 0 Å². The normalized spacial score (nSPS) is 21.9. The second kappa shape index (κ2) is 7.72. The van der Waals surface area contributed by atoms with Gasteiger partial charge < -0.3 is 10.1 Å². The first kappa shape index (κ1) is 15.4. The lowest BCUT2D eigenvalue weighted by atomic mass is 10.0. The summed E-state index contributed by atoms with van der Waals surface area (Å²) in [5.41, 5.74) is 0.758. The maximum atomic E-state index is 14.0. The number of morpholine rings is 1. The van der Waals surface area contributed by atoms with Crippen LogP contribution in [0.3, 0.4) is 0 Å². The number of nitrogens with zero attached hydrogens (tertiary/aromatic N) is 1. The highest BCUT2D eigenvalue weighted by Crippen LogP contribution is 2.19. The largest absolute Gasteiger partial charge is 0.376 e. The number of ether oxygens (including phenoxy) is 1. The molecule has 1 aliphatic heterocycles. The molecule has 0 aromatic heterocycles. The van der Waals surface area contributed by atoms with Gasteiger partial charge in [0.15, 0.2) is 0 Å². The number of likely N-dealkylation sites (N-methyl/N-ethyl adjacent to an activating group) is 1. The summed E-state index contributed by atoms with van der Waals surface area (Å²) >= 11 is 0. The molecule has 1 fully saturated rings. The maximum absolute atomic E-state index is 14.0. The van der Waals surface area contributed by atoms with Crippen LogP contribution in [0.2, 0.25) is 0 Å². The molecule has 1 aliphatic rings. The highest BCUT2D eigenvalue weighted by Gasteiger charge is 2.23. The Labute approximate surface area is 121 Å². The van der Waals surface area contributed by atoms with Gasteiger partial charge in [0, 0.05) is 31.2 Å². The molecule has 0 amide bonds. The lowest BCUT2D eigenvalue weighted by Gasteiger charge is -2.35. The standard InChI is InChI=1S/C16H25FN2O/c1-3-13-11-19(9-10-20-13)12-16(18-4-2)14-7-5-6-8-15(14)17/h5-8,13,16,18H,3-4,9-12H2,1-2H3. The number of halogens is 1. The molecule has 1 heterocycles. The summed E-state index contributed by atoms with van der Waals surface area (Å²) in [6.45, 7) is 8.50. The van der Waals surface area contributed by atoms with E-state index < -0.39 is 0 Å². The summed E-state index contributed by atoms with van der Waals surface area (Å²) in [5, 5.41) is 3.40. The zero-order valence-electron chi connectivity index (χ0n) is 12.4. The van der Waals surface area contributed by atoms with Crippen molar-refractivity contribution in [3.8, 4) is 0 Å². The van der Waals surface area contributed by atoms with Crippen LogP contribution in [0.25, 0.3) is 0 Å². The van der Waals surface area contributed by atoms with Gasteiger partial charge in [0.1, 0.15) is 5.82 Å². The average molecular weight is 280 g/mol. The van der Waals surface area contributed by atoms with Crippen molar-refractivity contribution in [3.63, 3.8) is 0 Å². The van der Waals surface area contributed by atoms with Gasteiger partial charge in [0.2, 0.25) is 0 Å². The van der Waals surface area contributed by atoms with Gasteiger partial charge in [-0.1, -0.05) is 32.0 Å². The fourth-order valence-corrected chi connectivity index (χ4v) is 2.73. The smallest absolute Gasteiger partial charge is 0.128 e. The predicted octanol–water partition coefficient (Wildman–Crippen LogP) is 2.59. The molecule has 20 heavy (non-hydrogen) atoms.